The van der Waals surface area contributed by atoms with E-state index in [-0.39, 0.29) is 51.8 Å². The van der Waals surface area contributed by atoms with Gasteiger partial charge in [-0.15, -0.1) is 0 Å². The quantitative estimate of drug-likeness (QED) is 0.436. The van der Waals surface area contributed by atoms with Gasteiger partial charge in [-0.2, -0.15) is 0 Å². The molecule has 174 valence electrons. The second kappa shape index (κ2) is 7.61. The highest BCUT2D eigenvalue weighted by Crippen LogP contribution is 2.34. The van der Waals surface area contributed by atoms with Crippen LogP contribution in [0.2, 0.25) is 0 Å². The number of nitrogens with zero attached hydrogens (tertiary/aromatic N) is 3. The predicted octanol–water partition coefficient (Wildman–Crippen LogP) is 1.66. The molecular formula is C25H23N3O5S. The molecular weight excluding hydrogens is 454 g/mol. The number of ketones is 2. The second-order valence-corrected chi connectivity index (χ2v) is 11.4. The fourth-order valence-corrected chi connectivity index (χ4v) is 7.28. The molecule has 0 radical (unpaired) electrons. The van der Waals surface area contributed by atoms with Gasteiger partial charge >= 0.3 is 0 Å². The van der Waals surface area contributed by atoms with Crippen molar-refractivity contribution in [1.29, 1.82) is 0 Å². The molecule has 3 aliphatic rings. The number of hydrogen-bond acceptors (Lipinski definition) is 6. The number of carbonyl (C=O) groups is 3. The van der Waals surface area contributed by atoms with Gasteiger partial charge in [-0.1, -0.05) is 30.3 Å². The lowest BCUT2D eigenvalue weighted by atomic mass is 9.86. The Bertz CT molecular complexity index is 1480. The van der Waals surface area contributed by atoms with Gasteiger partial charge in [-0.05, 0) is 18.6 Å². The molecule has 2 aromatic heterocycles. The van der Waals surface area contributed by atoms with E-state index in [2.05, 4.69) is 4.90 Å². The standard InChI is InChI=1S/C25H23N3O5S/c29-23-17-5-1-2-6-18(17)24(30)22-21(23)20(19-7-3-4-9-28(19)22)25(31)27-12-10-26(11-13-27)16-8-14-34(32,33)15-16/h1-7,9,16H,8,10-15H2/t16-/m1/s1. The van der Waals surface area contributed by atoms with Gasteiger partial charge in [0.1, 0.15) is 5.69 Å². The van der Waals surface area contributed by atoms with Crippen LogP contribution in [0, 0.1) is 0 Å². The first-order valence-electron chi connectivity index (χ1n) is 11.4. The van der Waals surface area contributed by atoms with Gasteiger partial charge in [-0.3, -0.25) is 19.3 Å². The molecule has 1 aliphatic carbocycles. The van der Waals surface area contributed by atoms with E-state index in [0.717, 1.165) is 0 Å². The first kappa shape index (κ1) is 21.2. The second-order valence-electron chi connectivity index (χ2n) is 9.14. The van der Waals surface area contributed by atoms with E-state index in [1.54, 1.807) is 58.0 Å². The Kier molecular flexibility index (Phi) is 4.76. The summed E-state index contributed by atoms with van der Waals surface area (Å²) in [6.07, 6.45) is 2.34. The molecule has 0 N–H and O–H groups in total. The zero-order chi connectivity index (χ0) is 23.6. The number of rotatable bonds is 2. The van der Waals surface area contributed by atoms with Crippen molar-refractivity contribution in [3.05, 3.63) is 76.6 Å². The lowest BCUT2D eigenvalue weighted by Crippen LogP contribution is -2.52. The highest BCUT2D eigenvalue weighted by atomic mass is 32.2. The van der Waals surface area contributed by atoms with Crippen molar-refractivity contribution < 1.29 is 22.8 Å². The Morgan fingerprint density at radius 3 is 2.24 bits per heavy atom. The zero-order valence-corrected chi connectivity index (χ0v) is 19.3. The largest absolute Gasteiger partial charge is 0.336 e. The van der Waals surface area contributed by atoms with Gasteiger partial charge in [0.2, 0.25) is 5.78 Å². The van der Waals surface area contributed by atoms with Crippen LogP contribution >= 0.6 is 0 Å². The Hall–Kier alpha value is -3.30. The number of fused-ring (bicyclic) bond motifs is 4. The molecule has 34 heavy (non-hydrogen) atoms. The number of carbonyl (C=O) groups excluding carboxylic acids is 3. The Balaban J connectivity index is 1.36. The summed E-state index contributed by atoms with van der Waals surface area (Å²) in [5.41, 5.74) is 1.87. The third-order valence-corrected chi connectivity index (χ3v) is 8.99. The van der Waals surface area contributed by atoms with Crippen LogP contribution in [0.5, 0.6) is 0 Å². The third kappa shape index (κ3) is 3.14. The minimum atomic E-state index is -2.97. The van der Waals surface area contributed by atoms with Crippen LogP contribution in [-0.2, 0) is 9.84 Å². The summed E-state index contributed by atoms with van der Waals surface area (Å²) in [4.78, 5) is 44.5. The molecule has 8 nitrogen and oxygen atoms in total. The van der Waals surface area contributed by atoms with Gasteiger partial charge < -0.3 is 9.30 Å². The SMILES string of the molecule is O=C1c2ccccc2C(=O)c2c1c(C(=O)N1CCN([C@@H]3CCS(=O)(=O)C3)CC1)c1ccccn21. The van der Waals surface area contributed by atoms with Crippen LogP contribution in [-0.4, -0.2) is 83.8 Å². The Morgan fingerprint density at radius 1 is 0.882 bits per heavy atom. The van der Waals surface area contributed by atoms with Gasteiger partial charge in [0.05, 0.1) is 28.1 Å². The van der Waals surface area contributed by atoms with E-state index in [1.807, 2.05) is 0 Å². The average molecular weight is 478 g/mol. The maximum atomic E-state index is 13.8. The van der Waals surface area contributed by atoms with Crippen molar-refractivity contribution >= 4 is 32.8 Å². The molecule has 9 heteroatoms. The summed E-state index contributed by atoms with van der Waals surface area (Å²) in [7, 11) is -2.97. The van der Waals surface area contributed by atoms with Crippen molar-refractivity contribution in [1.82, 2.24) is 14.2 Å². The van der Waals surface area contributed by atoms with E-state index >= 15 is 0 Å². The van der Waals surface area contributed by atoms with Gasteiger partial charge in [0.15, 0.2) is 15.6 Å². The van der Waals surface area contributed by atoms with Crippen LogP contribution in [0.1, 0.15) is 48.8 Å². The number of hydrogen-bond donors (Lipinski definition) is 0. The van der Waals surface area contributed by atoms with E-state index in [1.165, 1.54) is 0 Å². The molecule has 6 rings (SSSR count). The molecule has 2 saturated heterocycles. The highest BCUT2D eigenvalue weighted by Gasteiger charge is 2.40. The molecule has 4 heterocycles. The molecule has 1 aromatic carbocycles. The van der Waals surface area contributed by atoms with E-state index in [9.17, 15) is 22.8 Å². The van der Waals surface area contributed by atoms with Crippen LogP contribution in [0.4, 0.5) is 0 Å². The minimum Gasteiger partial charge on any atom is -0.336 e. The maximum Gasteiger partial charge on any atom is 0.256 e. The molecule has 0 unspecified atom stereocenters. The molecule has 0 bridgehead atoms. The summed E-state index contributed by atoms with van der Waals surface area (Å²) in [6, 6.07) is 12.0. The third-order valence-electron chi connectivity index (χ3n) is 7.24. The molecule has 0 spiro atoms. The van der Waals surface area contributed by atoms with Crippen molar-refractivity contribution in [3.63, 3.8) is 0 Å². The van der Waals surface area contributed by atoms with E-state index in [0.29, 0.717) is 49.2 Å². The van der Waals surface area contributed by atoms with Gasteiger partial charge in [0, 0.05) is 49.5 Å². The molecule has 3 aromatic rings. The molecule has 2 fully saturated rings. The summed E-state index contributed by atoms with van der Waals surface area (Å²) >= 11 is 0. The number of benzene rings is 1. The van der Waals surface area contributed by atoms with Gasteiger partial charge in [0.25, 0.3) is 5.91 Å². The van der Waals surface area contributed by atoms with Crippen molar-refractivity contribution in [3.8, 4) is 0 Å². The maximum absolute atomic E-state index is 13.8. The Labute approximate surface area is 196 Å². The minimum absolute atomic E-state index is 0.000948. The van der Waals surface area contributed by atoms with Crippen LogP contribution in [0.15, 0.2) is 48.7 Å². The summed E-state index contributed by atoms with van der Waals surface area (Å²) in [5, 5.41) is 0. The zero-order valence-electron chi connectivity index (χ0n) is 18.4. The monoisotopic (exact) mass is 477 g/mol. The molecule has 2 aliphatic heterocycles. The van der Waals surface area contributed by atoms with E-state index < -0.39 is 9.84 Å². The van der Waals surface area contributed by atoms with Crippen LogP contribution < -0.4 is 0 Å². The Morgan fingerprint density at radius 2 is 1.56 bits per heavy atom. The molecule has 1 atom stereocenters. The first-order valence-corrected chi connectivity index (χ1v) is 13.2. The van der Waals surface area contributed by atoms with Gasteiger partial charge in [-0.25, -0.2) is 8.42 Å². The number of piperazine rings is 1. The number of pyridine rings is 1. The lowest BCUT2D eigenvalue weighted by Gasteiger charge is -2.37. The predicted molar refractivity (Wildman–Crippen MR) is 125 cm³/mol. The normalized spacial score (nSPS) is 22.1. The van der Waals surface area contributed by atoms with Crippen LogP contribution in [0.25, 0.3) is 5.52 Å². The van der Waals surface area contributed by atoms with Crippen molar-refractivity contribution in [2.24, 2.45) is 0 Å². The van der Waals surface area contributed by atoms with Crippen molar-refractivity contribution in [2.45, 2.75) is 12.5 Å². The lowest BCUT2D eigenvalue weighted by molar-refractivity contribution is 0.0587. The fourth-order valence-electron chi connectivity index (χ4n) is 5.52. The number of aromatic nitrogens is 1. The van der Waals surface area contributed by atoms with Crippen molar-refractivity contribution in [2.75, 3.05) is 37.7 Å². The molecule has 0 saturated carbocycles. The number of amides is 1. The topological polar surface area (TPSA) is 96.2 Å². The summed E-state index contributed by atoms with van der Waals surface area (Å²) in [5.74, 6) is -0.458. The summed E-state index contributed by atoms with van der Waals surface area (Å²) < 4.78 is 25.4. The summed E-state index contributed by atoms with van der Waals surface area (Å²) in [6.45, 7) is 2.03. The average Bonchev–Trinajstić information content (AvgIpc) is 3.40. The smallest absolute Gasteiger partial charge is 0.256 e. The molecule has 1 amide bonds. The highest BCUT2D eigenvalue weighted by molar-refractivity contribution is 7.91. The fraction of sp³-hybridized carbons (Fsp3) is 0.320. The number of sulfone groups is 1. The first-order chi connectivity index (χ1) is 16.4. The van der Waals surface area contributed by atoms with Crippen LogP contribution in [0.3, 0.4) is 0 Å². The van der Waals surface area contributed by atoms with E-state index in [4.69, 9.17) is 0 Å².